The normalized spacial score (nSPS) is 10.7. The number of para-hydroxylation sites is 1. The van der Waals surface area contributed by atoms with Gasteiger partial charge in [-0.15, -0.1) is 0 Å². The second kappa shape index (κ2) is 8.00. The van der Waals surface area contributed by atoms with Gasteiger partial charge in [0.05, 0.1) is 24.8 Å². The molecule has 3 aromatic rings. The molecule has 0 bridgehead atoms. The van der Waals surface area contributed by atoms with Crippen molar-refractivity contribution in [2.45, 2.75) is 26.7 Å². The Labute approximate surface area is 153 Å². The summed E-state index contributed by atoms with van der Waals surface area (Å²) in [7, 11) is 1.64. The van der Waals surface area contributed by atoms with Crippen molar-refractivity contribution >= 4 is 16.9 Å². The Morgan fingerprint density at radius 2 is 1.81 bits per heavy atom. The van der Waals surface area contributed by atoms with E-state index in [-0.39, 0.29) is 5.97 Å². The number of hydrogen-bond acceptors (Lipinski definition) is 4. The molecular formula is C22H23NO3. The number of nitrogens with zero attached hydrogens (tertiary/aromatic N) is 1. The van der Waals surface area contributed by atoms with Gasteiger partial charge in [-0.1, -0.05) is 37.3 Å². The van der Waals surface area contributed by atoms with Gasteiger partial charge in [-0.2, -0.15) is 0 Å². The highest BCUT2D eigenvalue weighted by molar-refractivity contribution is 6.05. The maximum Gasteiger partial charge on any atom is 0.339 e. The van der Waals surface area contributed by atoms with E-state index in [0.717, 1.165) is 39.9 Å². The molecule has 0 unspecified atom stereocenters. The van der Waals surface area contributed by atoms with E-state index < -0.39 is 0 Å². The molecule has 0 saturated heterocycles. The van der Waals surface area contributed by atoms with E-state index in [1.165, 1.54) is 0 Å². The predicted octanol–water partition coefficient (Wildman–Crippen LogP) is 4.51. The average Bonchev–Trinajstić information content (AvgIpc) is 2.68. The van der Waals surface area contributed by atoms with Crippen LogP contribution in [0.2, 0.25) is 0 Å². The molecule has 3 rings (SSSR count). The van der Waals surface area contributed by atoms with E-state index in [9.17, 15) is 4.79 Å². The first-order valence-corrected chi connectivity index (χ1v) is 8.82. The Kier molecular flexibility index (Phi) is 5.52. The quantitative estimate of drug-likeness (QED) is 0.614. The Morgan fingerprint density at radius 1 is 1.08 bits per heavy atom. The standard InChI is InChI=1S/C22H23NO3/c1-4-19-15(2)21(18-7-5-6-8-20(18)23-19)22(24)26-14-13-16-9-11-17(25-3)12-10-16/h5-12H,4,13-14H2,1-3H3. The number of benzene rings is 2. The van der Waals surface area contributed by atoms with Gasteiger partial charge in [-0.05, 0) is 42.7 Å². The van der Waals surface area contributed by atoms with Gasteiger partial charge >= 0.3 is 5.97 Å². The Bertz CT molecular complexity index is 917. The molecule has 0 radical (unpaired) electrons. The number of rotatable bonds is 6. The Hall–Kier alpha value is -2.88. The van der Waals surface area contributed by atoms with Crippen LogP contribution in [0.3, 0.4) is 0 Å². The molecule has 0 N–H and O–H groups in total. The second-order valence-corrected chi connectivity index (χ2v) is 6.16. The summed E-state index contributed by atoms with van der Waals surface area (Å²) in [4.78, 5) is 17.4. The highest BCUT2D eigenvalue weighted by atomic mass is 16.5. The SMILES string of the molecule is CCc1nc2ccccc2c(C(=O)OCCc2ccc(OC)cc2)c1C. The average molecular weight is 349 g/mol. The first kappa shape index (κ1) is 17.9. The Balaban J connectivity index is 1.77. The van der Waals surface area contributed by atoms with Crippen LogP contribution in [0.5, 0.6) is 5.75 Å². The minimum absolute atomic E-state index is 0.288. The fourth-order valence-electron chi connectivity index (χ4n) is 3.09. The molecule has 0 aliphatic heterocycles. The summed E-state index contributed by atoms with van der Waals surface area (Å²) in [5, 5.41) is 0.844. The van der Waals surface area contributed by atoms with Crippen LogP contribution in [-0.4, -0.2) is 24.7 Å². The zero-order valence-corrected chi connectivity index (χ0v) is 15.4. The number of pyridine rings is 1. The van der Waals surface area contributed by atoms with Crippen LogP contribution in [-0.2, 0) is 17.6 Å². The van der Waals surface area contributed by atoms with Crippen LogP contribution in [0.4, 0.5) is 0 Å². The number of aryl methyl sites for hydroxylation is 1. The van der Waals surface area contributed by atoms with Crippen molar-refractivity contribution < 1.29 is 14.3 Å². The van der Waals surface area contributed by atoms with Crippen LogP contribution in [0, 0.1) is 6.92 Å². The van der Waals surface area contributed by atoms with E-state index in [1.807, 2.05) is 62.4 Å². The highest BCUT2D eigenvalue weighted by Gasteiger charge is 2.18. The number of methoxy groups -OCH3 is 1. The van der Waals surface area contributed by atoms with E-state index in [1.54, 1.807) is 7.11 Å². The smallest absolute Gasteiger partial charge is 0.339 e. The largest absolute Gasteiger partial charge is 0.497 e. The fraction of sp³-hybridized carbons (Fsp3) is 0.273. The maximum atomic E-state index is 12.8. The van der Waals surface area contributed by atoms with Crippen LogP contribution in [0.1, 0.15) is 34.1 Å². The molecule has 1 aromatic heterocycles. The molecule has 1 heterocycles. The van der Waals surface area contributed by atoms with Crippen LogP contribution in [0.15, 0.2) is 48.5 Å². The predicted molar refractivity (Wildman–Crippen MR) is 103 cm³/mol. The van der Waals surface area contributed by atoms with Crippen LogP contribution >= 0.6 is 0 Å². The minimum atomic E-state index is -0.288. The molecular weight excluding hydrogens is 326 g/mol. The van der Waals surface area contributed by atoms with Crippen molar-refractivity contribution in [3.8, 4) is 5.75 Å². The molecule has 4 heteroatoms. The molecule has 26 heavy (non-hydrogen) atoms. The molecule has 0 amide bonds. The van der Waals surface area contributed by atoms with Gasteiger partial charge in [0.1, 0.15) is 5.75 Å². The summed E-state index contributed by atoms with van der Waals surface area (Å²) in [5.74, 6) is 0.529. The second-order valence-electron chi connectivity index (χ2n) is 6.16. The topological polar surface area (TPSA) is 48.4 Å². The molecule has 0 fully saturated rings. The van der Waals surface area contributed by atoms with Gasteiger partial charge in [-0.3, -0.25) is 4.98 Å². The third-order valence-corrected chi connectivity index (χ3v) is 4.56. The summed E-state index contributed by atoms with van der Waals surface area (Å²) in [5.41, 5.74) is 4.40. The highest BCUT2D eigenvalue weighted by Crippen LogP contribution is 2.24. The zero-order chi connectivity index (χ0) is 18.5. The third kappa shape index (κ3) is 3.69. The van der Waals surface area contributed by atoms with E-state index in [2.05, 4.69) is 4.98 Å². The Morgan fingerprint density at radius 3 is 2.50 bits per heavy atom. The van der Waals surface area contributed by atoms with E-state index >= 15 is 0 Å². The lowest BCUT2D eigenvalue weighted by Crippen LogP contribution is -2.12. The number of ether oxygens (including phenoxy) is 2. The van der Waals surface area contributed by atoms with Crippen molar-refractivity contribution in [2.75, 3.05) is 13.7 Å². The summed E-state index contributed by atoms with van der Waals surface area (Å²) < 4.78 is 10.7. The lowest BCUT2D eigenvalue weighted by molar-refractivity contribution is 0.0510. The van der Waals surface area contributed by atoms with Crippen LogP contribution in [0.25, 0.3) is 10.9 Å². The number of esters is 1. The fourth-order valence-corrected chi connectivity index (χ4v) is 3.09. The first-order valence-electron chi connectivity index (χ1n) is 8.82. The molecule has 0 aliphatic rings. The summed E-state index contributed by atoms with van der Waals surface area (Å²) in [6.45, 7) is 4.32. The molecule has 0 saturated carbocycles. The first-order chi connectivity index (χ1) is 12.6. The van der Waals surface area contributed by atoms with Crippen molar-refractivity contribution in [2.24, 2.45) is 0 Å². The van der Waals surface area contributed by atoms with E-state index in [4.69, 9.17) is 9.47 Å². The number of fused-ring (bicyclic) bond motifs is 1. The number of carbonyl (C=O) groups is 1. The summed E-state index contributed by atoms with van der Waals surface area (Å²) >= 11 is 0. The lowest BCUT2D eigenvalue weighted by atomic mass is 10.0. The number of aromatic nitrogens is 1. The van der Waals surface area contributed by atoms with E-state index in [0.29, 0.717) is 18.6 Å². The molecule has 0 aliphatic carbocycles. The molecule has 134 valence electrons. The van der Waals surface area contributed by atoms with Gasteiger partial charge in [0.2, 0.25) is 0 Å². The molecule has 4 nitrogen and oxygen atoms in total. The van der Waals surface area contributed by atoms with Gasteiger partial charge < -0.3 is 9.47 Å². The number of carbonyl (C=O) groups excluding carboxylic acids is 1. The summed E-state index contributed by atoms with van der Waals surface area (Å²) in [6, 6.07) is 15.5. The minimum Gasteiger partial charge on any atom is -0.497 e. The maximum absolute atomic E-state index is 12.8. The monoisotopic (exact) mass is 349 g/mol. The third-order valence-electron chi connectivity index (χ3n) is 4.56. The molecule has 2 aromatic carbocycles. The zero-order valence-electron chi connectivity index (χ0n) is 15.4. The number of hydrogen-bond donors (Lipinski definition) is 0. The van der Waals surface area contributed by atoms with Crippen molar-refractivity contribution in [3.63, 3.8) is 0 Å². The van der Waals surface area contributed by atoms with Crippen molar-refractivity contribution in [1.29, 1.82) is 0 Å². The molecule has 0 spiro atoms. The van der Waals surface area contributed by atoms with Crippen molar-refractivity contribution in [1.82, 2.24) is 4.98 Å². The van der Waals surface area contributed by atoms with Gasteiger partial charge in [-0.25, -0.2) is 4.79 Å². The van der Waals surface area contributed by atoms with Crippen LogP contribution < -0.4 is 4.74 Å². The molecule has 0 atom stereocenters. The lowest BCUT2D eigenvalue weighted by Gasteiger charge is -2.13. The van der Waals surface area contributed by atoms with Gasteiger partial charge in [0.25, 0.3) is 0 Å². The van der Waals surface area contributed by atoms with Gasteiger partial charge in [0.15, 0.2) is 0 Å². The van der Waals surface area contributed by atoms with Crippen molar-refractivity contribution in [3.05, 3.63) is 70.9 Å². The van der Waals surface area contributed by atoms with Gasteiger partial charge in [0, 0.05) is 17.5 Å². The summed E-state index contributed by atoms with van der Waals surface area (Å²) in [6.07, 6.45) is 1.45.